The number of carbonyl (C=O) groups excluding carboxylic acids is 5. The average molecular weight is 459 g/mol. The minimum absolute atomic E-state index is 0.0229. The van der Waals surface area contributed by atoms with E-state index in [-0.39, 0.29) is 52.0 Å². The zero-order chi connectivity index (χ0) is 24.9. The number of hydrogen-bond acceptors (Lipinski definition) is 8. The van der Waals surface area contributed by atoms with Crippen molar-refractivity contribution >= 4 is 29.7 Å². The number of nitrogens with two attached hydrogens (primary N) is 1. The maximum atomic E-state index is 12.2. The van der Waals surface area contributed by atoms with Gasteiger partial charge in [0, 0.05) is 26.1 Å². The van der Waals surface area contributed by atoms with Crippen LogP contribution >= 0.6 is 0 Å². The van der Waals surface area contributed by atoms with Gasteiger partial charge in [-0.2, -0.15) is 0 Å². The highest BCUT2D eigenvalue weighted by Crippen LogP contribution is 2.08. The molecule has 0 atom stereocenters. The predicted molar refractivity (Wildman–Crippen MR) is 117 cm³/mol. The molecule has 0 heterocycles. The van der Waals surface area contributed by atoms with Crippen molar-refractivity contribution in [2.24, 2.45) is 5.73 Å². The van der Waals surface area contributed by atoms with Crippen LogP contribution in [0, 0.1) is 0 Å². The Hall–Kier alpha value is -2.69. The molecular weight excluding hydrogens is 420 g/mol. The summed E-state index contributed by atoms with van der Waals surface area (Å²) in [6.45, 7) is 9.84. The van der Waals surface area contributed by atoms with Crippen molar-refractivity contribution in [1.82, 2.24) is 15.5 Å². The second kappa shape index (κ2) is 13.7. The molecule has 0 aliphatic rings. The molecule has 0 saturated carbocycles. The Bertz CT molecular complexity index is 618. The van der Waals surface area contributed by atoms with Gasteiger partial charge in [0.25, 0.3) is 0 Å². The molecule has 184 valence electrons. The van der Waals surface area contributed by atoms with Crippen LogP contribution in [0.3, 0.4) is 0 Å². The summed E-state index contributed by atoms with van der Waals surface area (Å²) in [7, 11) is 0. The summed E-state index contributed by atoms with van der Waals surface area (Å²) in [5, 5.41) is 5.04. The van der Waals surface area contributed by atoms with Gasteiger partial charge in [0.05, 0.1) is 12.8 Å². The Labute approximate surface area is 189 Å². The smallest absolute Gasteiger partial charge is 0.308 e. The van der Waals surface area contributed by atoms with E-state index in [4.69, 9.17) is 15.2 Å². The van der Waals surface area contributed by atoms with Crippen LogP contribution in [-0.2, 0) is 33.4 Å². The first-order valence-electron chi connectivity index (χ1n) is 10.6. The van der Waals surface area contributed by atoms with Gasteiger partial charge in [0.15, 0.2) is 0 Å². The fourth-order valence-electron chi connectivity index (χ4n) is 2.37. The van der Waals surface area contributed by atoms with Gasteiger partial charge >= 0.3 is 11.9 Å². The summed E-state index contributed by atoms with van der Waals surface area (Å²) in [5.41, 5.74) is 4.16. The summed E-state index contributed by atoms with van der Waals surface area (Å²) in [5.74, 6) is -2.44. The van der Waals surface area contributed by atoms with Crippen LogP contribution in [-0.4, -0.2) is 78.5 Å². The summed E-state index contributed by atoms with van der Waals surface area (Å²) < 4.78 is 10.3. The first kappa shape index (κ1) is 29.3. The molecule has 0 radical (unpaired) electrons. The van der Waals surface area contributed by atoms with E-state index in [9.17, 15) is 24.0 Å². The van der Waals surface area contributed by atoms with Crippen molar-refractivity contribution < 1.29 is 33.4 Å². The SMILES string of the molecule is CC(C)(C)OC(=O)CCNC(=O)CN(CC(=O)NCCC(=O)OC(C)(C)C)C(=O)CCN. The molecule has 0 aromatic rings. The van der Waals surface area contributed by atoms with E-state index in [1.807, 2.05) is 0 Å². The zero-order valence-electron chi connectivity index (χ0n) is 20.0. The summed E-state index contributed by atoms with van der Waals surface area (Å²) in [6, 6.07) is 0. The first-order valence-corrected chi connectivity index (χ1v) is 10.6. The summed E-state index contributed by atoms with van der Waals surface area (Å²) >= 11 is 0. The molecule has 0 unspecified atom stereocenters. The Morgan fingerprint density at radius 1 is 0.719 bits per heavy atom. The van der Waals surface area contributed by atoms with E-state index in [0.29, 0.717) is 0 Å². The number of ether oxygens (including phenoxy) is 2. The Balaban J connectivity index is 4.57. The molecule has 0 aromatic heterocycles. The molecule has 4 N–H and O–H groups in total. The van der Waals surface area contributed by atoms with E-state index < -0.39 is 40.9 Å². The zero-order valence-corrected chi connectivity index (χ0v) is 20.0. The molecule has 11 nitrogen and oxygen atoms in total. The topological polar surface area (TPSA) is 157 Å². The number of rotatable bonds is 12. The molecule has 0 aromatic carbocycles. The molecule has 0 aliphatic carbocycles. The third-order valence-corrected chi connectivity index (χ3v) is 3.52. The highest BCUT2D eigenvalue weighted by molar-refractivity contribution is 5.89. The van der Waals surface area contributed by atoms with Crippen LogP contribution in [0.15, 0.2) is 0 Å². The molecule has 0 bridgehead atoms. The van der Waals surface area contributed by atoms with E-state index in [0.717, 1.165) is 4.90 Å². The van der Waals surface area contributed by atoms with Crippen LogP contribution in [0.5, 0.6) is 0 Å². The quantitative estimate of drug-likeness (QED) is 0.341. The second-order valence-corrected chi connectivity index (χ2v) is 9.16. The summed E-state index contributed by atoms with van der Waals surface area (Å²) in [6.07, 6.45) is -0.0772. The van der Waals surface area contributed by atoms with Gasteiger partial charge < -0.3 is 30.7 Å². The van der Waals surface area contributed by atoms with Gasteiger partial charge in [-0.3, -0.25) is 24.0 Å². The van der Waals surface area contributed by atoms with Crippen molar-refractivity contribution in [2.75, 3.05) is 32.7 Å². The standard InChI is InChI=1S/C21H38N4O7/c1-20(2,3)31-18(29)8-11-23-15(26)13-25(17(28)7-10-22)14-16(27)24-12-9-19(30)32-21(4,5)6/h7-14,22H2,1-6H3,(H,23,26)(H,24,27). The van der Waals surface area contributed by atoms with Gasteiger partial charge in [-0.1, -0.05) is 0 Å². The molecule has 0 rings (SSSR count). The largest absolute Gasteiger partial charge is 0.460 e. The molecule has 32 heavy (non-hydrogen) atoms. The fraction of sp³-hybridized carbons (Fsp3) is 0.762. The number of nitrogens with one attached hydrogen (secondary N) is 2. The lowest BCUT2D eigenvalue weighted by atomic mass is 10.2. The molecule has 11 heteroatoms. The average Bonchev–Trinajstić information content (AvgIpc) is 2.58. The highest BCUT2D eigenvalue weighted by atomic mass is 16.6. The molecule has 0 fully saturated rings. The lowest BCUT2D eigenvalue weighted by molar-refractivity contribution is -0.155. The molecule has 0 spiro atoms. The Kier molecular flexibility index (Phi) is 12.5. The van der Waals surface area contributed by atoms with Crippen LogP contribution in [0.2, 0.25) is 0 Å². The lowest BCUT2D eigenvalue weighted by Crippen LogP contribution is -2.46. The van der Waals surface area contributed by atoms with Crippen LogP contribution in [0.1, 0.15) is 60.8 Å². The van der Waals surface area contributed by atoms with Crippen LogP contribution < -0.4 is 16.4 Å². The minimum atomic E-state index is -0.622. The van der Waals surface area contributed by atoms with Crippen LogP contribution in [0.25, 0.3) is 0 Å². The number of hydrogen-bond donors (Lipinski definition) is 3. The monoisotopic (exact) mass is 458 g/mol. The van der Waals surface area contributed by atoms with Crippen molar-refractivity contribution in [3.63, 3.8) is 0 Å². The van der Waals surface area contributed by atoms with Crippen molar-refractivity contribution in [1.29, 1.82) is 0 Å². The summed E-state index contributed by atoms with van der Waals surface area (Å²) in [4.78, 5) is 61.0. The van der Waals surface area contributed by atoms with Crippen molar-refractivity contribution in [3.8, 4) is 0 Å². The maximum Gasteiger partial charge on any atom is 0.308 e. The third kappa shape index (κ3) is 16.1. The fourth-order valence-corrected chi connectivity index (χ4v) is 2.37. The van der Waals surface area contributed by atoms with Gasteiger partial charge in [-0.25, -0.2) is 0 Å². The molecule has 0 aliphatic heterocycles. The van der Waals surface area contributed by atoms with Gasteiger partial charge in [0.1, 0.15) is 24.3 Å². The first-order chi connectivity index (χ1) is 14.6. The van der Waals surface area contributed by atoms with Gasteiger partial charge in [-0.15, -0.1) is 0 Å². The van der Waals surface area contributed by atoms with Crippen molar-refractivity contribution in [3.05, 3.63) is 0 Å². The van der Waals surface area contributed by atoms with E-state index in [2.05, 4.69) is 10.6 Å². The number of amides is 3. The number of carbonyl (C=O) groups is 5. The van der Waals surface area contributed by atoms with E-state index in [1.54, 1.807) is 41.5 Å². The normalized spacial score (nSPS) is 11.3. The van der Waals surface area contributed by atoms with Gasteiger partial charge in [-0.05, 0) is 41.5 Å². The molecular formula is C21H38N4O7. The number of esters is 2. The number of nitrogens with zero attached hydrogens (tertiary/aromatic N) is 1. The minimum Gasteiger partial charge on any atom is -0.460 e. The molecule has 0 saturated heterocycles. The maximum absolute atomic E-state index is 12.2. The van der Waals surface area contributed by atoms with E-state index in [1.165, 1.54) is 0 Å². The second-order valence-electron chi connectivity index (χ2n) is 9.16. The predicted octanol–water partition coefficient (Wildman–Crippen LogP) is -0.140. The highest BCUT2D eigenvalue weighted by Gasteiger charge is 2.21. The van der Waals surface area contributed by atoms with E-state index >= 15 is 0 Å². The Morgan fingerprint density at radius 2 is 1.09 bits per heavy atom. The Morgan fingerprint density at radius 3 is 1.41 bits per heavy atom. The van der Waals surface area contributed by atoms with Crippen LogP contribution in [0.4, 0.5) is 0 Å². The molecule has 3 amide bonds. The van der Waals surface area contributed by atoms with Gasteiger partial charge in [0.2, 0.25) is 17.7 Å². The third-order valence-electron chi connectivity index (χ3n) is 3.52. The van der Waals surface area contributed by atoms with Crippen molar-refractivity contribution in [2.45, 2.75) is 72.0 Å². The lowest BCUT2D eigenvalue weighted by Gasteiger charge is -2.22.